The van der Waals surface area contributed by atoms with Crippen LogP contribution in [-0.2, 0) is 0 Å². The lowest BCUT2D eigenvalue weighted by Gasteiger charge is -2.27. The van der Waals surface area contributed by atoms with Crippen LogP contribution in [-0.4, -0.2) is 6.10 Å². The summed E-state index contributed by atoms with van der Waals surface area (Å²) >= 11 is 0. The van der Waals surface area contributed by atoms with Crippen LogP contribution < -0.4 is 10.5 Å². The van der Waals surface area contributed by atoms with Gasteiger partial charge in [-0.15, -0.1) is 12.4 Å². The number of hydrogen-bond acceptors (Lipinski definition) is 2. The third-order valence-corrected chi connectivity index (χ3v) is 2.23. The molecule has 1 heterocycles. The minimum Gasteiger partial charge on any atom is -0.490 e. The molecular weight excluding hydrogens is 186 g/mol. The minimum absolute atomic E-state index is 0. The van der Waals surface area contributed by atoms with Crippen molar-refractivity contribution < 1.29 is 4.74 Å². The Balaban J connectivity index is 0.000000845. The van der Waals surface area contributed by atoms with Crippen LogP contribution in [0.2, 0.25) is 0 Å². The van der Waals surface area contributed by atoms with E-state index >= 15 is 0 Å². The van der Waals surface area contributed by atoms with Gasteiger partial charge in [0.05, 0.1) is 6.10 Å². The minimum atomic E-state index is 0. The number of benzene rings is 1. The van der Waals surface area contributed by atoms with Gasteiger partial charge in [-0.3, -0.25) is 0 Å². The molecule has 1 aliphatic rings. The number of hydrogen-bond donors (Lipinski definition) is 1. The Bertz CT molecular complexity index is 290. The molecule has 0 saturated carbocycles. The Morgan fingerprint density at radius 2 is 2.08 bits per heavy atom. The van der Waals surface area contributed by atoms with E-state index in [9.17, 15) is 0 Å². The van der Waals surface area contributed by atoms with Crippen molar-refractivity contribution in [3.05, 3.63) is 29.8 Å². The standard InChI is InChI=1S/C10H13NO.ClH/c1-7-6-9(11)8-4-2-3-5-10(8)12-7;/h2-5,7,9H,6,11H2,1H3;1H/t7-,9+;/m1./s1. The van der Waals surface area contributed by atoms with E-state index in [0.717, 1.165) is 17.7 Å². The molecule has 1 aromatic rings. The van der Waals surface area contributed by atoms with Gasteiger partial charge in [0.1, 0.15) is 5.75 Å². The van der Waals surface area contributed by atoms with Gasteiger partial charge in [0, 0.05) is 18.0 Å². The van der Waals surface area contributed by atoms with E-state index in [2.05, 4.69) is 6.92 Å². The quantitative estimate of drug-likeness (QED) is 0.696. The van der Waals surface area contributed by atoms with E-state index < -0.39 is 0 Å². The molecule has 2 N–H and O–H groups in total. The monoisotopic (exact) mass is 199 g/mol. The first-order chi connectivity index (χ1) is 5.77. The third kappa shape index (κ3) is 1.95. The lowest BCUT2D eigenvalue weighted by atomic mass is 9.98. The van der Waals surface area contributed by atoms with Crippen molar-refractivity contribution in [2.24, 2.45) is 5.73 Å². The maximum absolute atomic E-state index is 5.96. The molecule has 0 aromatic heterocycles. The molecule has 0 saturated heterocycles. The molecule has 0 fully saturated rings. The first-order valence-corrected chi connectivity index (χ1v) is 4.28. The fraction of sp³-hybridized carbons (Fsp3) is 0.400. The summed E-state index contributed by atoms with van der Waals surface area (Å²) in [7, 11) is 0. The summed E-state index contributed by atoms with van der Waals surface area (Å²) in [4.78, 5) is 0. The number of ether oxygens (including phenoxy) is 1. The van der Waals surface area contributed by atoms with Crippen LogP contribution in [0.25, 0.3) is 0 Å². The van der Waals surface area contributed by atoms with E-state index in [1.165, 1.54) is 0 Å². The Hall–Kier alpha value is -0.730. The second-order valence-electron chi connectivity index (χ2n) is 3.31. The fourth-order valence-corrected chi connectivity index (χ4v) is 1.64. The summed E-state index contributed by atoms with van der Waals surface area (Å²) in [5.41, 5.74) is 7.09. The predicted octanol–water partition coefficient (Wildman–Crippen LogP) is 2.28. The molecule has 1 aliphatic heterocycles. The van der Waals surface area contributed by atoms with Crippen molar-refractivity contribution >= 4 is 12.4 Å². The molecule has 0 amide bonds. The molecule has 0 unspecified atom stereocenters. The van der Waals surface area contributed by atoms with Crippen LogP contribution in [0.5, 0.6) is 5.75 Å². The van der Waals surface area contributed by atoms with Crippen molar-refractivity contribution in [1.82, 2.24) is 0 Å². The molecule has 0 aliphatic carbocycles. The summed E-state index contributed by atoms with van der Waals surface area (Å²) in [5, 5.41) is 0. The lowest BCUT2D eigenvalue weighted by Crippen LogP contribution is -2.26. The molecule has 13 heavy (non-hydrogen) atoms. The SMILES string of the molecule is C[C@@H]1C[C@H](N)c2ccccc2O1.Cl. The number of rotatable bonds is 0. The molecule has 72 valence electrons. The van der Waals surface area contributed by atoms with Crippen molar-refractivity contribution in [2.45, 2.75) is 25.5 Å². The second-order valence-corrected chi connectivity index (χ2v) is 3.31. The predicted molar refractivity (Wildman–Crippen MR) is 55.3 cm³/mol. The zero-order valence-electron chi connectivity index (χ0n) is 7.57. The van der Waals surface area contributed by atoms with Crippen LogP contribution in [0.4, 0.5) is 0 Å². The van der Waals surface area contributed by atoms with Crippen molar-refractivity contribution in [1.29, 1.82) is 0 Å². The fourth-order valence-electron chi connectivity index (χ4n) is 1.64. The van der Waals surface area contributed by atoms with E-state index in [-0.39, 0.29) is 24.6 Å². The van der Waals surface area contributed by atoms with Crippen LogP contribution in [0, 0.1) is 0 Å². The molecule has 2 rings (SSSR count). The summed E-state index contributed by atoms with van der Waals surface area (Å²) in [5.74, 6) is 0.948. The maximum atomic E-state index is 5.96. The molecule has 2 nitrogen and oxygen atoms in total. The van der Waals surface area contributed by atoms with Crippen molar-refractivity contribution in [3.63, 3.8) is 0 Å². The maximum Gasteiger partial charge on any atom is 0.124 e. The van der Waals surface area contributed by atoms with Gasteiger partial charge >= 0.3 is 0 Å². The molecule has 2 atom stereocenters. The smallest absolute Gasteiger partial charge is 0.124 e. The highest BCUT2D eigenvalue weighted by atomic mass is 35.5. The first-order valence-electron chi connectivity index (χ1n) is 4.28. The highest BCUT2D eigenvalue weighted by molar-refractivity contribution is 5.85. The summed E-state index contributed by atoms with van der Waals surface area (Å²) in [6.07, 6.45) is 1.16. The zero-order valence-corrected chi connectivity index (χ0v) is 8.38. The Morgan fingerprint density at radius 1 is 1.38 bits per heavy atom. The number of para-hydroxylation sites is 1. The van der Waals surface area contributed by atoms with Crippen molar-refractivity contribution in [3.8, 4) is 5.75 Å². The van der Waals surface area contributed by atoms with Gasteiger partial charge in [0.25, 0.3) is 0 Å². The van der Waals surface area contributed by atoms with E-state index in [1.807, 2.05) is 24.3 Å². The van der Waals surface area contributed by atoms with Gasteiger partial charge in [-0.1, -0.05) is 18.2 Å². The van der Waals surface area contributed by atoms with Gasteiger partial charge < -0.3 is 10.5 Å². The largest absolute Gasteiger partial charge is 0.490 e. The van der Waals surface area contributed by atoms with Crippen LogP contribution in [0.3, 0.4) is 0 Å². The van der Waals surface area contributed by atoms with Gasteiger partial charge in [-0.05, 0) is 13.0 Å². The Labute approximate surface area is 84.5 Å². The number of halogens is 1. The lowest BCUT2D eigenvalue weighted by molar-refractivity contribution is 0.177. The van der Waals surface area contributed by atoms with E-state index in [4.69, 9.17) is 10.5 Å². The molecule has 3 heteroatoms. The van der Waals surface area contributed by atoms with Gasteiger partial charge in [0.2, 0.25) is 0 Å². The molecular formula is C10H14ClNO. The molecule has 0 radical (unpaired) electrons. The van der Waals surface area contributed by atoms with E-state index in [1.54, 1.807) is 0 Å². The van der Waals surface area contributed by atoms with Gasteiger partial charge in [-0.2, -0.15) is 0 Å². The number of nitrogens with two attached hydrogens (primary N) is 1. The summed E-state index contributed by atoms with van der Waals surface area (Å²) in [6.45, 7) is 2.05. The summed E-state index contributed by atoms with van der Waals surface area (Å²) in [6, 6.07) is 8.13. The van der Waals surface area contributed by atoms with Crippen molar-refractivity contribution in [2.75, 3.05) is 0 Å². The van der Waals surface area contributed by atoms with Gasteiger partial charge in [-0.25, -0.2) is 0 Å². The molecule has 1 aromatic carbocycles. The Kier molecular flexibility index (Phi) is 3.17. The third-order valence-electron chi connectivity index (χ3n) is 2.23. The Morgan fingerprint density at radius 3 is 2.85 bits per heavy atom. The summed E-state index contributed by atoms with van der Waals surface area (Å²) < 4.78 is 5.62. The molecule has 0 bridgehead atoms. The highest BCUT2D eigenvalue weighted by Gasteiger charge is 2.21. The normalized spacial score (nSPS) is 25.4. The van der Waals surface area contributed by atoms with Crippen LogP contribution >= 0.6 is 12.4 Å². The first kappa shape index (κ1) is 10.4. The zero-order chi connectivity index (χ0) is 8.55. The van der Waals surface area contributed by atoms with Crippen LogP contribution in [0.1, 0.15) is 24.9 Å². The van der Waals surface area contributed by atoms with E-state index in [0.29, 0.717) is 0 Å². The highest BCUT2D eigenvalue weighted by Crippen LogP contribution is 2.32. The topological polar surface area (TPSA) is 35.2 Å². The average molecular weight is 200 g/mol. The average Bonchev–Trinajstić information content (AvgIpc) is 2.04. The van der Waals surface area contributed by atoms with Crippen LogP contribution in [0.15, 0.2) is 24.3 Å². The number of fused-ring (bicyclic) bond motifs is 1. The second kappa shape index (κ2) is 3.99. The molecule has 0 spiro atoms. The van der Waals surface area contributed by atoms with Gasteiger partial charge in [0.15, 0.2) is 0 Å².